The maximum absolute atomic E-state index is 11.9. The number of carbonyl (C=O) groups is 1. The van der Waals surface area contributed by atoms with E-state index in [1.165, 1.54) is 18.1 Å². The van der Waals surface area contributed by atoms with Crippen molar-refractivity contribution in [2.24, 2.45) is 0 Å². The third-order valence-electron chi connectivity index (χ3n) is 5.81. The molecular weight excluding hydrogens is 414 g/mol. The molecule has 33 heavy (non-hydrogen) atoms. The number of rotatable bonds is 8. The zero-order valence-corrected chi connectivity index (χ0v) is 19.4. The first-order valence-corrected chi connectivity index (χ1v) is 11.4. The molecule has 0 amide bonds. The van der Waals surface area contributed by atoms with Crippen molar-refractivity contribution in [3.05, 3.63) is 95.6 Å². The normalized spacial score (nSPS) is 18.6. The van der Waals surface area contributed by atoms with Gasteiger partial charge in [-0.1, -0.05) is 60.7 Å². The van der Waals surface area contributed by atoms with E-state index in [1.807, 2.05) is 68.4 Å². The lowest BCUT2D eigenvalue weighted by atomic mass is 9.87. The van der Waals surface area contributed by atoms with Crippen LogP contribution >= 0.6 is 0 Å². The van der Waals surface area contributed by atoms with E-state index in [2.05, 4.69) is 29.6 Å². The zero-order chi connectivity index (χ0) is 23.3. The van der Waals surface area contributed by atoms with Crippen molar-refractivity contribution < 1.29 is 19.0 Å². The second-order valence-corrected chi connectivity index (χ2v) is 8.85. The van der Waals surface area contributed by atoms with Gasteiger partial charge in [0.2, 0.25) is 0 Å². The van der Waals surface area contributed by atoms with E-state index in [4.69, 9.17) is 14.2 Å². The van der Waals surface area contributed by atoms with Crippen LogP contribution in [-0.4, -0.2) is 24.3 Å². The van der Waals surface area contributed by atoms with Gasteiger partial charge in [-0.15, -0.1) is 0 Å². The van der Waals surface area contributed by atoms with Crippen LogP contribution in [0.15, 0.2) is 78.9 Å². The Morgan fingerprint density at radius 1 is 0.970 bits per heavy atom. The Bertz CT molecular complexity index is 1070. The quantitative estimate of drug-likeness (QED) is 0.451. The predicted octanol–water partition coefficient (Wildman–Crippen LogP) is 5.70. The highest BCUT2D eigenvalue weighted by molar-refractivity contribution is 5.66. The van der Waals surface area contributed by atoms with Crippen molar-refractivity contribution in [3.63, 3.8) is 0 Å². The molecule has 172 valence electrons. The third-order valence-corrected chi connectivity index (χ3v) is 5.81. The second-order valence-electron chi connectivity index (χ2n) is 8.85. The van der Waals surface area contributed by atoms with Crippen LogP contribution in [0.4, 0.5) is 5.69 Å². The van der Waals surface area contributed by atoms with E-state index in [0.717, 1.165) is 23.4 Å². The fraction of sp³-hybridized carbons (Fsp3) is 0.321. The fourth-order valence-corrected chi connectivity index (χ4v) is 4.15. The molecule has 0 radical (unpaired) electrons. The average molecular weight is 446 g/mol. The summed E-state index contributed by atoms with van der Waals surface area (Å²) in [6, 6.07) is 26.5. The molecule has 5 nitrogen and oxygen atoms in total. The SMILES string of the molecule is CC(=O)OC1C(OCCc2ccccc2)c2cc(NCc3ccccc3)ccc2OC1(C)C. The molecule has 1 N–H and O–H groups in total. The summed E-state index contributed by atoms with van der Waals surface area (Å²) in [6.45, 7) is 6.49. The van der Waals surface area contributed by atoms with E-state index >= 15 is 0 Å². The van der Waals surface area contributed by atoms with Crippen molar-refractivity contribution in [2.75, 3.05) is 11.9 Å². The highest BCUT2D eigenvalue weighted by atomic mass is 16.6. The second kappa shape index (κ2) is 10.1. The number of anilines is 1. The number of hydrogen-bond donors (Lipinski definition) is 1. The van der Waals surface area contributed by atoms with Gasteiger partial charge in [0.05, 0.1) is 6.61 Å². The van der Waals surface area contributed by atoms with Crippen molar-refractivity contribution >= 4 is 11.7 Å². The lowest BCUT2D eigenvalue weighted by molar-refractivity contribution is -0.182. The molecule has 0 aromatic heterocycles. The van der Waals surface area contributed by atoms with Crippen molar-refractivity contribution in [1.29, 1.82) is 0 Å². The van der Waals surface area contributed by atoms with Gasteiger partial charge in [0, 0.05) is 24.7 Å². The molecule has 1 aliphatic heterocycles. The maximum Gasteiger partial charge on any atom is 0.303 e. The van der Waals surface area contributed by atoms with E-state index < -0.39 is 17.8 Å². The van der Waals surface area contributed by atoms with Crippen LogP contribution in [0.2, 0.25) is 0 Å². The van der Waals surface area contributed by atoms with Gasteiger partial charge in [-0.2, -0.15) is 0 Å². The van der Waals surface area contributed by atoms with Gasteiger partial charge < -0.3 is 19.5 Å². The molecule has 1 aliphatic rings. The highest BCUT2D eigenvalue weighted by Crippen LogP contribution is 2.44. The summed E-state index contributed by atoms with van der Waals surface area (Å²) < 4.78 is 18.4. The number of esters is 1. The number of ether oxygens (including phenoxy) is 3. The number of benzene rings is 3. The third kappa shape index (κ3) is 5.74. The molecule has 0 saturated carbocycles. The molecule has 3 aromatic carbocycles. The number of carbonyl (C=O) groups excluding carboxylic acids is 1. The summed E-state index contributed by atoms with van der Waals surface area (Å²) in [5, 5.41) is 3.47. The van der Waals surface area contributed by atoms with Gasteiger partial charge in [-0.3, -0.25) is 4.79 Å². The van der Waals surface area contributed by atoms with Crippen LogP contribution in [0.5, 0.6) is 5.75 Å². The molecular formula is C28H31NO4. The molecule has 0 saturated heterocycles. The minimum Gasteiger partial charge on any atom is -0.483 e. The highest BCUT2D eigenvalue weighted by Gasteiger charge is 2.47. The Kier molecular flexibility index (Phi) is 6.99. The number of hydrogen-bond acceptors (Lipinski definition) is 5. The largest absolute Gasteiger partial charge is 0.483 e. The van der Waals surface area contributed by atoms with Gasteiger partial charge in [-0.05, 0) is 49.6 Å². The van der Waals surface area contributed by atoms with Crippen molar-refractivity contribution in [3.8, 4) is 5.75 Å². The van der Waals surface area contributed by atoms with E-state index in [0.29, 0.717) is 13.2 Å². The summed E-state index contributed by atoms with van der Waals surface area (Å²) in [5.41, 5.74) is 3.51. The number of nitrogens with one attached hydrogen (secondary N) is 1. The molecule has 0 aliphatic carbocycles. The van der Waals surface area contributed by atoms with Gasteiger partial charge in [0.1, 0.15) is 17.5 Å². The average Bonchev–Trinajstić information content (AvgIpc) is 2.80. The Morgan fingerprint density at radius 2 is 1.64 bits per heavy atom. The minimum atomic E-state index is -0.727. The Morgan fingerprint density at radius 3 is 2.30 bits per heavy atom. The van der Waals surface area contributed by atoms with Gasteiger partial charge in [0.25, 0.3) is 0 Å². The molecule has 2 unspecified atom stereocenters. The summed E-state index contributed by atoms with van der Waals surface area (Å²) in [5.74, 6) is 0.397. The fourth-order valence-electron chi connectivity index (χ4n) is 4.15. The van der Waals surface area contributed by atoms with Gasteiger partial charge >= 0.3 is 5.97 Å². The maximum atomic E-state index is 11.9. The molecule has 1 heterocycles. The predicted molar refractivity (Wildman–Crippen MR) is 129 cm³/mol. The molecule has 2 atom stereocenters. The Balaban J connectivity index is 1.57. The number of fused-ring (bicyclic) bond motifs is 1. The molecule has 5 heteroatoms. The summed E-state index contributed by atoms with van der Waals surface area (Å²) in [7, 11) is 0. The van der Waals surface area contributed by atoms with E-state index in [9.17, 15) is 4.79 Å². The van der Waals surface area contributed by atoms with E-state index in [-0.39, 0.29) is 5.97 Å². The smallest absolute Gasteiger partial charge is 0.303 e. The summed E-state index contributed by atoms with van der Waals surface area (Å²) in [6.07, 6.45) is -0.232. The van der Waals surface area contributed by atoms with Crippen LogP contribution < -0.4 is 10.1 Å². The van der Waals surface area contributed by atoms with Gasteiger partial charge in [-0.25, -0.2) is 0 Å². The van der Waals surface area contributed by atoms with Crippen molar-refractivity contribution in [2.45, 2.75) is 51.5 Å². The van der Waals surface area contributed by atoms with Crippen LogP contribution in [0.1, 0.15) is 43.6 Å². The lowest BCUT2D eigenvalue weighted by Gasteiger charge is -2.43. The van der Waals surface area contributed by atoms with Crippen LogP contribution in [0.3, 0.4) is 0 Å². The van der Waals surface area contributed by atoms with Crippen molar-refractivity contribution in [1.82, 2.24) is 0 Å². The zero-order valence-electron chi connectivity index (χ0n) is 19.4. The Labute approximate surface area is 195 Å². The van der Waals surface area contributed by atoms with Crippen LogP contribution in [-0.2, 0) is 27.2 Å². The van der Waals surface area contributed by atoms with Crippen LogP contribution in [0.25, 0.3) is 0 Å². The first kappa shape index (κ1) is 22.9. The molecule has 4 rings (SSSR count). The first-order valence-electron chi connectivity index (χ1n) is 11.4. The first-order chi connectivity index (χ1) is 15.9. The molecule has 0 spiro atoms. The standard InChI is InChI=1S/C28H31NO4/c1-20(30)32-27-26(31-17-16-21-10-6-4-7-11-21)24-18-23(14-15-25(24)33-28(27,2)3)29-19-22-12-8-5-9-13-22/h4-15,18,26-27,29H,16-17,19H2,1-3H3. The molecule has 3 aromatic rings. The minimum absolute atomic E-state index is 0.352. The summed E-state index contributed by atoms with van der Waals surface area (Å²) >= 11 is 0. The van der Waals surface area contributed by atoms with Crippen LogP contribution in [0, 0.1) is 0 Å². The summed E-state index contributed by atoms with van der Waals surface area (Å²) in [4.78, 5) is 11.9. The Hall–Kier alpha value is -3.31. The van der Waals surface area contributed by atoms with Gasteiger partial charge in [0.15, 0.2) is 6.10 Å². The molecule has 0 fully saturated rings. The topological polar surface area (TPSA) is 56.8 Å². The lowest BCUT2D eigenvalue weighted by Crippen LogP contribution is -2.51. The van der Waals surface area contributed by atoms with E-state index in [1.54, 1.807) is 0 Å². The monoisotopic (exact) mass is 445 g/mol. The molecule has 0 bridgehead atoms.